The van der Waals surface area contributed by atoms with Crippen molar-refractivity contribution >= 4 is 15.8 Å². The highest BCUT2D eigenvalue weighted by Crippen LogP contribution is 2.20. The highest BCUT2D eigenvalue weighted by Gasteiger charge is 2.13. The molecule has 2 N–H and O–H groups in total. The summed E-state index contributed by atoms with van der Waals surface area (Å²) in [5, 5.41) is 2.87. The van der Waals surface area contributed by atoms with E-state index in [4.69, 9.17) is 0 Å². The molecule has 6 nitrogen and oxygen atoms in total. The Bertz CT molecular complexity index is 789. The van der Waals surface area contributed by atoms with Gasteiger partial charge in [-0.05, 0) is 39.2 Å². The molecule has 0 aliphatic rings. The van der Waals surface area contributed by atoms with Crippen molar-refractivity contribution in [3.8, 4) is 11.3 Å². The quantitative estimate of drug-likeness (QED) is 0.621. The van der Waals surface area contributed by atoms with Crippen molar-refractivity contribution in [1.82, 2.24) is 14.7 Å². The lowest BCUT2D eigenvalue weighted by Crippen LogP contribution is -2.31. The number of rotatable bonds is 10. The van der Waals surface area contributed by atoms with Gasteiger partial charge in [0.1, 0.15) is 5.82 Å². The first kappa shape index (κ1) is 20.3. The van der Waals surface area contributed by atoms with E-state index < -0.39 is 10.0 Å². The standard InChI is InChI=1S/C19H28N4O2S/c1-15(2)26(24,25)23-12-8-4-7-11-20-19-14-21-18(13-22-19)17-10-6-5-9-16(17)3/h5-6,9-10,13-15,23H,4,7-8,11-12H2,1-3H3,(H,20,22). The maximum absolute atomic E-state index is 11.6. The molecule has 0 saturated carbocycles. The Kier molecular flexibility index (Phi) is 7.53. The Balaban J connectivity index is 1.68. The van der Waals surface area contributed by atoms with Gasteiger partial charge in [0.25, 0.3) is 0 Å². The number of hydrogen-bond donors (Lipinski definition) is 2. The van der Waals surface area contributed by atoms with Gasteiger partial charge < -0.3 is 5.32 Å². The largest absolute Gasteiger partial charge is 0.369 e. The second-order valence-electron chi connectivity index (χ2n) is 6.58. The lowest BCUT2D eigenvalue weighted by molar-refractivity contribution is 0.566. The highest BCUT2D eigenvalue weighted by atomic mass is 32.2. The summed E-state index contributed by atoms with van der Waals surface area (Å²) in [4.78, 5) is 8.90. The smallest absolute Gasteiger partial charge is 0.213 e. The Morgan fingerprint density at radius 1 is 1.00 bits per heavy atom. The molecule has 1 heterocycles. The van der Waals surface area contributed by atoms with E-state index in [1.165, 1.54) is 5.56 Å². The van der Waals surface area contributed by atoms with E-state index in [9.17, 15) is 8.42 Å². The molecule has 0 radical (unpaired) electrons. The van der Waals surface area contributed by atoms with Crippen LogP contribution in [0.5, 0.6) is 0 Å². The summed E-state index contributed by atoms with van der Waals surface area (Å²) in [6, 6.07) is 8.11. The summed E-state index contributed by atoms with van der Waals surface area (Å²) in [7, 11) is -3.15. The van der Waals surface area contributed by atoms with Crippen molar-refractivity contribution in [2.45, 2.75) is 45.3 Å². The van der Waals surface area contributed by atoms with Crippen LogP contribution in [0, 0.1) is 6.92 Å². The Morgan fingerprint density at radius 2 is 1.73 bits per heavy atom. The predicted octanol–water partition coefficient (Wildman–Crippen LogP) is 3.36. The maximum atomic E-state index is 11.6. The normalized spacial score (nSPS) is 11.7. The summed E-state index contributed by atoms with van der Waals surface area (Å²) in [6.45, 7) is 6.69. The molecule has 1 aromatic heterocycles. The van der Waals surface area contributed by atoms with Gasteiger partial charge in [0.2, 0.25) is 10.0 Å². The summed E-state index contributed by atoms with van der Waals surface area (Å²) < 4.78 is 25.9. The van der Waals surface area contributed by atoms with Crippen LogP contribution in [0.1, 0.15) is 38.7 Å². The molecule has 26 heavy (non-hydrogen) atoms. The molecule has 0 spiro atoms. The predicted molar refractivity (Wildman–Crippen MR) is 107 cm³/mol. The number of aromatic nitrogens is 2. The first-order valence-electron chi connectivity index (χ1n) is 9.00. The van der Waals surface area contributed by atoms with Crippen LogP contribution in [-0.2, 0) is 10.0 Å². The average Bonchev–Trinajstić information content (AvgIpc) is 2.62. The zero-order valence-electron chi connectivity index (χ0n) is 15.7. The molecule has 2 aromatic rings. The van der Waals surface area contributed by atoms with Crippen LogP contribution in [0.15, 0.2) is 36.7 Å². The maximum Gasteiger partial charge on any atom is 0.213 e. The Labute approximate surface area is 156 Å². The van der Waals surface area contributed by atoms with Gasteiger partial charge in [0.15, 0.2) is 0 Å². The van der Waals surface area contributed by atoms with E-state index in [0.29, 0.717) is 6.54 Å². The molecule has 142 valence electrons. The van der Waals surface area contributed by atoms with Gasteiger partial charge in [0, 0.05) is 18.7 Å². The van der Waals surface area contributed by atoms with Crippen molar-refractivity contribution in [3.05, 3.63) is 42.2 Å². The molecular weight excluding hydrogens is 348 g/mol. The molecule has 0 unspecified atom stereocenters. The van der Waals surface area contributed by atoms with Gasteiger partial charge in [-0.15, -0.1) is 0 Å². The number of unbranched alkanes of at least 4 members (excludes halogenated alkanes) is 2. The second-order valence-corrected chi connectivity index (χ2v) is 8.90. The average molecular weight is 377 g/mol. The molecule has 0 amide bonds. The summed E-state index contributed by atoms with van der Waals surface area (Å²) in [5.74, 6) is 0.753. The first-order chi connectivity index (χ1) is 12.4. The van der Waals surface area contributed by atoms with Crippen LogP contribution >= 0.6 is 0 Å². The number of aryl methyl sites for hydroxylation is 1. The van der Waals surface area contributed by atoms with Crippen molar-refractivity contribution in [2.24, 2.45) is 0 Å². The van der Waals surface area contributed by atoms with Gasteiger partial charge in [0.05, 0.1) is 23.3 Å². The van der Waals surface area contributed by atoms with E-state index in [2.05, 4.69) is 33.0 Å². The molecule has 0 saturated heterocycles. The molecular formula is C19H28N4O2S. The highest BCUT2D eigenvalue weighted by molar-refractivity contribution is 7.90. The van der Waals surface area contributed by atoms with Crippen LogP contribution in [0.3, 0.4) is 0 Å². The molecule has 1 aromatic carbocycles. The van der Waals surface area contributed by atoms with Crippen molar-refractivity contribution in [2.75, 3.05) is 18.4 Å². The molecule has 0 fully saturated rings. The molecule has 0 atom stereocenters. The number of anilines is 1. The van der Waals surface area contributed by atoms with Crippen LogP contribution in [0.25, 0.3) is 11.3 Å². The van der Waals surface area contributed by atoms with Crippen LogP contribution < -0.4 is 10.0 Å². The monoisotopic (exact) mass is 376 g/mol. The molecule has 7 heteroatoms. The lowest BCUT2D eigenvalue weighted by atomic mass is 10.1. The number of sulfonamides is 1. The summed E-state index contributed by atoms with van der Waals surface area (Å²) >= 11 is 0. The zero-order valence-corrected chi connectivity index (χ0v) is 16.5. The molecule has 0 aliphatic heterocycles. The van der Waals surface area contributed by atoms with E-state index in [1.54, 1.807) is 26.2 Å². The zero-order chi connectivity index (χ0) is 19.0. The lowest BCUT2D eigenvalue weighted by Gasteiger charge is -2.09. The second kappa shape index (κ2) is 9.64. The van der Waals surface area contributed by atoms with Crippen LogP contribution in [0.2, 0.25) is 0 Å². The number of nitrogens with one attached hydrogen (secondary N) is 2. The molecule has 0 bridgehead atoms. The Morgan fingerprint density at radius 3 is 2.38 bits per heavy atom. The third-order valence-electron chi connectivity index (χ3n) is 4.16. The van der Waals surface area contributed by atoms with Gasteiger partial charge in [-0.25, -0.2) is 18.1 Å². The minimum Gasteiger partial charge on any atom is -0.369 e. The van der Waals surface area contributed by atoms with E-state index >= 15 is 0 Å². The minimum absolute atomic E-state index is 0.384. The van der Waals surface area contributed by atoms with Crippen LogP contribution in [0.4, 0.5) is 5.82 Å². The number of benzene rings is 1. The van der Waals surface area contributed by atoms with Crippen LogP contribution in [-0.4, -0.2) is 36.7 Å². The SMILES string of the molecule is Cc1ccccc1-c1cnc(NCCCCCNS(=O)(=O)C(C)C)cn1. The fraction of sp³-hybridized carbons (Fsp3) is 0.474. The van der Waals surface area contributed by atoms with Gasteiger partial charge in [-0.1, -0.05) is 30.7 Å². The minimum atomic E-state index is -3.15. The van der Waals surface area contributed by atoms with Gasteiger partial charge in [-0.3, -0.25) is 4.98 Å². The van der Waals surface area contributed by atoms with Gasteiger partial charge in [-0.2, -0.15) is 0 Å². The van der Waals surface area contributed by atoms with Gasteiger partial charge >= 0.3 is 0 Å². The van der Waals surface area contributed by atoms with E-state index in [1.807, 2.05) is 18.2 Å². The third kappa shape index (κ3) is 6.07. The Hall–Kier alpha value is -1.99. The third-order valence-corrected chi connectivity index (χ3v) is 6.00. The summed E-state index contributed by atoms with van der Waals surface area (Å²) in [5.41, 5.74) is 3.14. The number of nitrogens with zero attached hydrogens (tertiary/aromatic N) is 2. The van der Waals surface area contributed by atoms with Crippen molar-refractivity contribution in [3.63, 3.8) is 0 Å². The fourth-order valence-corrected chi connectivity index (χ4v) is 3.21. The van der Waals surface area contributed by atoms with E-state index in [-0.39, 0.29) is 5.25 Å². The number of hydrogen-bond acceptors (Lipinski definition) is 5. The van der Waals surface area contributed by atoms with E-state index in [0.717, 1.165) is 42.9 Å². The van der Waals surface area contributed by atoms with Crippen molar-refractivity contribution < 1.29 is 8.42 Å². The molecule has 0 aliphatic carbocycles. The first-order valence-corrected chi connectivity index (χ1v) is 10.5. The van der Waals surface area contributed by atoms with Crippen molar-refractivity contribution in [1.29, 1.82) is 0 Å². The topological polar surface area (TPSA) is 84.0 Å². The molecule has 2 rings (SSSR count). The summed E-state index contributed by atoms with van der Waals surface area (Å²) in [6.07, 6.45) is 6.25. The fourth-order valence-electron chi connectivity index (χ4n) is 2.44.